The number of aromatic amines is 1. The highest BCUT2D eigenvalue weighted by Crippen LogP contribution is 2.05. The second kappa shape index (κ2) is 6.10. The lowest BCUT2D eigenvalue weighted by molar-refractivity contribution is -0.137. The molecule has 0 aliphatic heterocycles. The Balaban J connectivity index is 1.98. The van der Waals surface area contributed by atoms with Gasteiger partial charge in [-0.05, 0) is 25.1 Å². The molecular formula is C13H15N3O3. The number of aliphatic carboxylic acids is 1. The molecule has 0 radical (unpaired) electrons. The zero-order chi connectivity index (χ0) is 13.7. The Morgan fingerprint density at radius 2 is 2.16 bits per heavy atom. The Kier molecular flexibility index (Phi) is 4.25. The van der Waals surface area contributed by atoms with E-state index in [9.17, 15) is 9.59 Å². The summed E-state index contributed by atoms with van der Waals surface area (Å²) in [5.41, 5.74) is 1.64. The number of carbonyl (C=O) groups is 1. The summed E-state index contributed by atoms with van der Waals surface area (Å²) in [6, 6.07) is 7.33. The number of rotatable bonds is 6. The molecule has 0 spiro atoms. The van der Waals surface area contributed by atoms with Crippen molar-refractivity contribution in [3.05, 3.63) is 40.3 Å². The summed E-state index contributed by atoms with van der Waals surface area (Å²) in [5.74, 6) is -0.816. The lowest BCUT2D eigenvalue weighted by atomic mass is 10.3. The summed E-state index contributed by atoms with van der Waals surface area (Å²) < 4.78 is 0. The van der Waals surface area contributed by atoms with Crippen LogP contribution in [0.4, 0.5) is 0 Å². The van der Waals surface area contributed by atoms with Gasteiger partial charge in [0, 0.05) is 13.0 Å². The molecule has 0 fully saturated rings. The van der Waals surface area contributed by atoms with Crippen LogP contribution in [0.5, 0.6) is 0 Å². The zero-order valence-electron chi connectivity index (χ0n) is 10.3. The number of H-pyrrole nitrogens is 1. The van der Waals surface area contributed by atoms with Gasteiger partial charge in [0.25, 0.3) is 5.56 Å². The highest BCUT2D eigenvalue weighted by atomic mass is 16.4. The van der Waals surface area contributed by atoms with Crippen LogP contribution in [0.25, 0.3) is 11.0 Å². The van der Waals surface area contributed by atoms with Crippen molar-refractivity contribution in [1.29, 1.82) is 0 Å². The number of benzene rings is 1. The summed E-state index contributed by atoms with van der Waals surface area (Å²) in [6.07, 6.45) is 0.648. The van der Waals surface area contributed by atoms with Gasteiger partial charge in [-0.1, -0.05) is 12.1 Å². The molecule has 0 bridgehead atoms. The van der Waals surface area contributed by atoms with E-state index >= 15 is 0 Å². The van der Waals surface area contributed by atoms with E-state index in [4.69, 9.17) is 5.11 Å². The maximum atomic E-state index is 11.8. The summed E-state index contributed by atoms with van der Waals surface area (Å²) >= 11 is 0. The predicted molar refractivity (Wildman–Crippen MR) is 70.9 cm³/mol. The minimum atomic E-state index is -0.816. The second-order valence-corrected chi connectivity index (χ2v) is 4.20. The number of fused-ring (bicyclic) bond motifs is 1. The van der Waals surface area contributed by atoms with Gasteiger partial charge in [-0.25, -0.2) is 4.98 Å². The van der Waals surface area contributed by atoms with E-state index in [0.717, 1.165) is 5.52 Å². The first-order valence-corrected chi connectivity index (χ1v) is 6.07. The molecule has 19 heavy (non-hydrogen) atoms. The van der Waals surface area contributed by atoms with Crippen molar-refractivity contribution >= 4 is 17.0 Å². The van der Waals surface area contributed by atoms with Gasteiger partial charge < -0.3 is 15.4 Å². The highest BCUT2D eigenvalue weighted by molar-refractivity contribution is 5.73. The average molecular weight is 261 g/mol. The van der Waals surface area contributed by atoms with Crippen LogP contribution < -0.4 is 10.9 Å². The van der Waals surface area contributed by atoms with Gasteiger partial charge in [0.1, 0.15) is 5.69 Å². The normalized spacial score (nSPS) is 10.7. The van der Waals surface area contributed by atoms with Crippen molar-refractivity contribution in [1.82, 2.24) is 15.3 Å². The lowest BCUT2D eigenvalue weighted by Crippen LogP contribution is -2.23. The summed E-state index contributed by atoms with van der Waals surface area (Å²) in [6.45, 7) is 0.875. The fourth-order valence-electron chi connectivity index (χ4n) is 1.76. The van der Waals surface area contributed by atoms with Crippen LogP contribution in [-0.4, -0.2) is 27.6 Å². The number of hydrogen-bond donors (Lipinski definition) is 3. The monoisotopic (exact) mass is 261 g/mol. The molecule has 0 atom stereocenters. The number of nitrogens with zero attached hydrogens (tertiary/aromatic N) is 1. The molecule has 0 amide bonds. The van der Waals surface area contributed by atoms with Gasteiger partial charge in [0.15, 0.2) is 0 Å². The van der Waals surface area contributed by atoms with E-state index < -0.39 is 5.97 Å². The van der Waals surface area contributed by atoms with Crippen LogP contribution in [0, 0.1) is 0 Å². The van der Waals surface area contributed by atoms with Gasteiger partial charge in [-0.3, -0.25) is 9.59 Å². The minimum absolute atomic E-state index is 0.120. The molecule has 0 unspecified atom stereocenters. The summed E-state index contributed by atoms with van der Waals surface area (Å²) in [5, 5.41) is 11.5. The third-order valence-electron chi connectivity index (χ3n) is 2.71. The van der Waals surface area contributed by atoms with Crippen LogP contribution >= 0.6 is 0 Å². The Morgan fingerprint density at radius 3 is 2.95 bits per heavy atom. The van der Waals surface area contributed by atoms with Crippen LogP contribution in [0.1, 0.15) is 18.5 Å². The van der Waals surface area contributed by atoms with Crippen molar-refractivity contribution in [3.8, 4) is 0 Å². The number of para-hydroxylation sites is 2. The summed E-state index contributed by atoms with van der Waals surface area (Å²) in [4.78, 5) is 29.1. The van der Waals surface area contributed by atoms with E-state index in [1.54, 1.807) is 6.07 Å². The molecule has 1 heterocycles. The Labute approximate surface area is 109 Å². The maximum Gasteiger partial charge on any atom is 0.303 e. The topological polar surface area (TPSA) is 95.1 Å². The molecule has 0 aliphatic carbocycles. The Bertz CT molecular complexity index is 636. The molecule has 2 rings (SSSR count). The third kappa shape index (κ3) is 3.62. The zero-order valence-corrected chi connectivity index (χ0v) is 10.3. The molecule has 0 aliphatic rings. The van der Waals surface area contributed by atoms with Crippen LogP contribution in [0.15, 0.2) is 29.1 Å². The van der Waals surface area contributed by atoms with Crippen LogP contribution in [0.3, 0.4) is 0 Å². The smallest absolute Gasteiger partial charge is 0.303 e. The van der Waals surface area contributed by atoms with Crippen molar-refractivity contribution in [2.45, 2.75) is 19.4 Å². The predicted octanol–water partition coefficient (Wildman–Crippen LogP) is 0.877. The molecule has 2 aromatic rings. The maximum absolute atomic E-state index is 11.8. The quantitative estimate of drug-likeness (QED) is 0.671. The minimum Gasteiger partial charge on any atom is -0.481 e. The number of carboxylic acids is 1. The van der Waals surface area contributed by atoms with E-state index in [2.05, 4.69) is 15.3 Å². The molecule has 100 valence electrons. The van der Waals surface area contributed by atoms with Gasteiger partial charge in [0.05, 0.1) is 11.0 Å². The fraction of sp³-hybridized carbons (Fsp3) is 0.308. The highest BCUT2D eigenvalue weighted by Gasteiger charge is 2.04. The third-order valence-corrected chi connectivity index (χ3v) is 2.71. The number of aromatic nitrogens is 2. The standard InChI is InChI=1S/C13H15N3O3/c17-12(18)6-3-7-14-8-11-13(19)16-10-5-2-1-4-9(10)15-11/h1-2,4-5,14H,3,6-8H2,(H,16,19)(H,17,18). The number of hydrogen-bond acceptors (Lipinski definition) is 4. The van der Waals surface area contributed by atoms with E-state index in [0.29, 0.717) is 30.7 Å². The first kappa shape index (κ1) is 13.2. The van der Waals surface area contributed by atoms with Crippen LogP contribution in [-0.2, 0) is 11.3 Å². The second-order valence-electron chi connectivity index (χ2n) is 4.20. The van der Waals surface area contributed by atoms with Crippen molar-refractivity contribution in [2.24, 2.45) is 0 Å². The van der Waals surface area contributed by atoms with Gasteiger partial charge >= 0.3 is 5.97 Å². The molecule has 3 N–H and O–H groups in total. The molecular weight excluding hydrogens is 246 g/mol. The molecule has 0 saturated heterocycles. The Hall–Kier alpha value is -2.21. The molecule has 6 heteroatoms. The molecule has 1 aromatic carbocycles. The number of carboxylic acid groups (broad SMARTS) is 1. The first-order valence-electron chi connectivity index (χ1n) is 6.07. The van der Waals surface area contributed by atoms with Crippen molar-refractivity contribution in [2.75, 3.05) is 6.54 Å². The SMILES string of the molecule is O=C(O)CCCNCc1nc2ccccc2[nH]c1=O. The van der Waals surface area contributed by atoms with E-state index in [1.807, 2.05) is 18.2 Å². The van der Waals surface area contributed by atoms with E-state index in [-0.39, 0.29) is 12.0 Å². The van der Waals surface area contributed by atoms with Crippen LogP contribution in [0.2, 0.25) is 0 Å². The van der Waals surface area contributed by atoms with Crippen molar-refractivity contribution < 1.29 is 9.90 Å². The molecule has 1 aromatic heterocycles. The molecule has 6 nitrogen and oxygen atoms in total. The van der Waals surface area contributed by atoms with Gasteiger partial charge in [-0.2, -0.15) is 0 Å². The van der Waals surface area contributed by atoms with E-state index in [1.165, 1.54) is 0 Å². The Morgan fingerprint density at radius 1 is 1.37 bits per heavy atom. The van der Waals surface area contributed by atoms with Gasteiger partial charge in [0.2, 0.25) is 0 Å². The number of nitrogens with one attached hydrogen (secondary N) is 2. The largest absolute Gasteiger partial charge is 0.481 e. The first-order chi connectivity index (χ1) is 9.16. The summed E-state index contributed by atoms with van der Waals surface area (Å²) in [7, 11) is 0. The fourth-order valence-corrected chi connectivity index (χ4v) is 1.76. The molecule has 0 saturated carbocycles. The van der Waals surface area contributed by atoms with Gasteiger partial charge in [-0.15, -0.1) is 0 Å². The van der Waals surface area contributed by atoms with Crippen molar-refractivity contribution in [3.63, 3.8) is 0 Å². The lowest BCUT2D eigenvalue weighted by Gasteiger charge is -2.04. The average Bonchev–Trinajstić information content (AvgIpc) is 2.38.